The normalized spacial score (nSPS) is 10.8. The second-order valence-electron chi connectivity index (χ2n) is 8.89. The van der Waals surface area contributed by atoms with Gasteiger partial charge in [0.25, 0.3) is 17.7 Å². The number of fused-ring (bicyclic) bond motifs is 1. The van der Waals surface area contributed by atoms with Crippen molar-refractivity contribution in [3.8, 4) is 11.1 Å². The molecule has 4 rings (SSSR count). The van der Waals surface area contributed by atoms with Crippen molar-refractivity contribution in [2.24, 2.45) is 7.05 Å². The molecule has 0 fully saturated rings. The Kier molecular flexibility index (Phi) is 6.87. The summed E-state index contributed by atoms with van der Waals surface area (Å²) in [6.07, 6.45) is 0. The highest BCUT2D eigenvalue weighted by Gasteiger charge is 2.17. The summed E-state index contributed by atoms with van der Waals surface area (Å²) in [4.78, 5) is 38.7. The molecule has 0 radical (unpaired) electrons. The summed E-state index contributed by atoms with van der Waals surface area (Å²) in [5.41, 5.74) is 6.00. The van der Waals surface area contributed by atoms with Crippen molar-refractivity contribution < 1.29 is 14.4 Å². The molecule has 4 aromatic rings. The fraction of sp³-hybridized carbons (Fsp3) is 0.214. The fourth-order valence-electron chi connectivity index (χ4n) is 4.17. The van der Waals surface area contributed by atoms with Gasteiger partial charge in [-0.1, -0.05) is 30.3 Å². The van der Waals surface area contributed by atoms with Crippen molar-refractivity contribution in [2.45, 2.75) is 13.5 Å². The topological polar surface area (TPSA) is 96.3 Å². The first-order valence-electron chi connectivity index (χ1n) is 11.6. The molecule has 36 heavy (non-hydrogen) atoms. The van der Waals surface area contributed by atoms with Gasteiger partial charge in [0.1, 0.15) is 0 Å². The summed E-state index contributed by atoms with van der Waals surface area (Å²) < 4.78 is 1.69. The Morgan fingerprint density at radius 3 is 2.25 bits per heavy atom. The molecule has 0 aliphatic carbocycles. The molecule has 8 nitrogen and oxygen atoms in total. The largest absolute Gasteiger partial charge is 0.355 e. The molecule has 0 aliphatic heterocycles. The predicted octanol–water partition coefficient (Wildman–Crippen LogP) is 3.54. The lowest BCUT2D eigenvalue weighted by molar-refractivity contribution is 0.0827. The van der Waals surface area contributed by atoms with E-state index in [1.54, 1.807) is 56.0 Å². The molecule has 0 aliphatic rings. The van der Waals surface area contributed by atoms with Gasteiger partial charge < -0.3 is 15.5 Å². The number of benzene rings is 3. The van der Waals surface area contributed by atoms with Gasteiger partial charge in [-0.2, -0.15) is 5.10 Å². The maximum absolute atomic E-state index is 13.1. The summed E-state index contributed by atoms with van der Waals surface area (Å²) in [5, 5.41) is 10.8. The number of nitrogens with zero attached hydrogens (tertiary/aromatic N) is 3. The third-order valence-electron chi connectivity index (χ3n) is 6.15. The molecule has 2 N–H and O–H groups in total. The van der Waals surface area contributed by atoms with Gasteiger partial charge in [0, 0.05) is 51.2 Å². The molecule has 3 aromatic carbocycles. The molecule has 184 valence electrons. The standard InChI is InChI=1S/C28H29N5O3/c1-17-14-18(6-12-22(17)26(34)29-2)16-30-27(35)25-23-15-21(11-13-24(23)33(5)31-25)19-7-9-20(10-8-19)28(36)32(3)4/h6-15H,16H2,1-5H3,(H,29,34)(H,30,35). The van der Waals surface area contributed by atoms with E-state index < -0.39 is 0 Å². The van der Waals surface area contributed by atoms with Crippen molar-refractivity contribution in [3.05, 3.63) is 88.6 Å². The van der Waals surface area contributed by atoms with E-state index in [2.05, 4.69) is 15.7 Å². The Morgan fingerprint density at radius 2 is 1.61 bits per heavy atom. The fourth-order valence-corrected chi connectivity index (χ4v) is 4.17. The molecule has 1 heterocycles. The van der Waals surface area contributed by atoms with Crippen molar-refractivity contribution in [1.29, 1.82) is 0 Å². The SMILES string of the molecule is CNC(=O)c1ccc(CNC(=O)c2nn(C)c3ccc(-c4ccc(C(=O)N(C)C)cc4)cc23)cc1C. The zero-order chi connectivity index (χ0) is 26.0. The van der Waals surface area contributed by atoms with Crippen LogP contribution in [0.5, 0.6) is 0 Å². The number of aromatic nitrogens is 2. The van der Waals surface area contributed by atoms with Gasteiger partial charge >= 0.3 is 0 Å². The van der Waals surface area contributed by atoms with Crippen molar-refractivity contribution in [2.75, 3.05) is 21.1 Å². The number of amides is 3. The van der Waals surface area contributed by atoms with Crippen LogP contribution in [0.25, 0.3) is 22.0 Å². The van der Waals surface area contributed by atoms with Gasteiger partial charge in [-0.05, 0) is 59.5 Å². The maximum atomic E-state index is 13.1. The van der Waals surface area contributed by atoms with Crippen LogP contribution < -0.4 is 10.6 Å². The average molecular weight is 484 g/mol. The van der Waals surface area contributed by atoms with Crippen LogP contribution in [0, 0.1) is 6.92 Å². The highest BCUT2D eigenvalue weighted by atomic mass is 16.2. The van der Waals surface area contributed by atoms with Crippen molar-refractivity contribution >= 4 is 28.6 Å². The van der Waals surface area contributed by atoms with Crippen LogP contribution in [-0.4, -0.2) is 53.5 Å². The predicted molar refractivity (Wildman–Crippen MR) is 140 cm³/mol. The number of hydrogen-bond acceptors (Lipinski definition) is 4. The van der Waals surface area contributed by atoms with Crippen LogP contribution in [0.1, 0.15) is 42.3 Å². The number of carbonyl (C=O) groups excluding carboxylic acids is 3. The quantitative estimate of drug-likeness (QED) is 0.439. The molecule has 0 saturated carbocycles. The minimum atomic E-state index is -0.280. The van der Waals surface area contributed by atoms with E-state index in [4.69, 9.17) is 0 Å². The Hall–Kier alpha value is -4.46. The van der Waals surface area contributed by atoms with Gasteiger partial charge in [0.2, 0.25) is 0 Å². The van der Waals surface area contributed by atoms with Crippen molar-refractivity contribution in [3.63, 3.8) is 0 Å². The second-order valence-corrected chi connectivity index (χ2v) is 8.89. The van der Waals surface area contributed by atoms with E-state index in [1.165, 1.54) is 0 Å². The van der Waals surface area contributed by atoms with E-state index in [1.807, 2.05) is 49.4 Å². The summed E-state index contributed by atoms with van der Waals surface area (Å²) in [6.45, 7) is 2.18. The molecule has 0 spiro atoms. The molecule has 8 heteroatoms. The lowest BCUT2D eigenvalue weighted by Crippen LogP contribution is -2.24. The summed E-state index contributed by atoms with van der Waals surface area (Å²) in [7, 11) is 6.85. The Labute approximate surface area is 209 Å². The minimum Gasteiger partial charge on any atom is -0.355 e. The third-order valence-corrected chi connectivity index (χ3v) is 6.15. The molecule has 0 saturated heterocycles. The lowest BCUT2D eigenvalue weighted by atomic mass is 10.0. The van der Waals surface area contributed by atoms with Crippen LogP contribution in [-0.2, 0) is 13.6 Å². The van der Waals surface area contributed by atoms with Gasteiger partial charge in [0.05, 0.1) is 5.52 Å². The smallest absolute Gasteiger partial charge is 0.272 e. The molecular weight excluding hydrogens is 454 g/mol. The van der Waals surface area contributed by atoms with E-state index in [-0.39, 0.29) is 17.7 Å². The van der Waals surface area contributed by atoms with Gasteiger partial charge in [-0.15, -0.1) is 0 Å². The number of carbonyl (C=O) groups is 3. The zero-order valence-corrected chi connectivity index (χ0v) is 21.0. The Morgan fingerprint density at radius 1 is 0.917 bits per heavy atom. The van der Waals surface area contributed by atoms with E-state index in [0.29, 0.717) is 23.4 Å². The summed E-state index contributed by atoms with van der Waals surface area (Å²) in [5.74, 6) is -0.475. The van der Waals surface area contributed by atoms with E-state index in [0.717, 1.165) is 33.2 Å². The minimum absolute atomic E-state index is 0.0540. The first kappa shape index (κ1) is 24.7. The number of nitrogens with one attached hydrogen (secondary N) is 2. The first-order valence-corrected chi connectivity index (χ1v) is 11.6. The van der Waals surface area contributed by atoms with Crippen LogP contribution in [0.3, 0.4) is 0 Å². The molecular formula is C28H29N5O3. The molecule has 0 atom stereocenters. The third kappa shape index (κ3) is 4.84. The van der Waals surface area contributed by atoms with Gasteiger partial charge in [-0.25, -0.2) is 0 Å². The Balaban J connectivity index is 1.57. The van der Waals surface area contributed by atoms with E-state index in [9.17, 15) is 14.4 Å². The maximum Gasteiger partial charge on any atom is 0.272 e. The molecule has 3 amide bonds. The monoisotopic (exact) mass is 483 g/mol. The van der Waals surface area contributed by atoms with E-state index >= 15 is 0 Å². The highest BCUT2D eigenvalue weighted by molar-refractivity contribution is 6.06. The second kappa shape index (κ2) is 10.0. The van der Waals surface area contributed by atoms with Crippen molar-refractivity contribution in [1.82, 2.24) is 25.3 Å². The number of hydrogen-bond donors (Lipinski definition) is 2. The van der Waals surface area contributed by atoms with Crippen LogP contribution >= 0.6 is 0 Å². The zero-order valence-electron chi connectivity index (χ0n) is 21.0. The highest BCUT2D eigenvalue weighted by Crippen LogP contribution is 2.27. The number of rotatable bonds is 6. The molecule has 1 aromatic heterocycles. The molecule has 0 bridgehead atoms. The summed E-state index contributed by atoms with van der Waals surface area (Å²) in [6, 6.07) is 18.8. The average Bonchev–Trinajstić information content (AvgIpc) is 3.22. The number of aryl methyl sites for hydroxylation is 2. The van der Waals surface area contributed by atoms with Crippen LogP contribution in [0.4, 0.5) is 0 Å². The van der Waals surface area contributed by atoms with Gasteiger partial charge in [-0.3, -0.25) is 19.1 Å². The first-order chi connectivity index (χ1) is 17.2. The lowest BCUT2D eigenvalue weighted by Gasteiger charge is -2.11. The summed E-state index contributed by atoms with van der Waals surface area (Å²) >= 11 is 0. The Bertz CT molecular complexity index is 1470. The molecule has 0 unspecified atom stereocenters. The van der Waals surface area contributed by atoms with Crippen LogP contribution in [0.2, 0.25) is 0 Å². The van der Waals surface area contributed by atoms with Gasteiger partial charge in [0.15, 0.2) is 5.69 Å². The van der Waals surface area contributed by atoms with Crippen LogP contribution in [0.15, 0.2) is 60.7 Å².